The number of nitrogens with one attached hydrogen (secondary N) is 2. The van der Waals surface area contributed by atoms with Crippen molar-refractivity contribution in [3.63, 3.8) is 0 Å². The van der Waals surface area contributed by atoms with Crippen LogP contribution in [0.2, 0.25) is 0 Å². The van der Waals surface area contributed by atoms with Crippen molar-refractivity contribution < 1.29 is 9.53 Å². The first-order chi connectivity index (χ1) is 15.1. The predicted octanol–water partition coefficient (Wildman–Crippen LogP) is 5.06. The van der Waals surface area contributed by atoms with Gasteiger partial charge in [0.25, 0.3) is 0 Å². The van der Waals surface area contributed by atoms with Crippen LogP contribution in [0.4, 0.5) is 11.5 Å². The minimum absolute atomic E-state index is 0.0324. The summed E-state index contributed by atoms with van der Waals surface area (Å²) >= 11 is 0. The molecule has 6 heteroatoms. The van der Waals surface area contributed by atoms with Crippen LogP contribution in [0.1, 0.15) is 56.1 Å². The zero-order valence-corrected chi connectivity index (χ0v) is 18.4. The molecule has 1 amide bonds. The van der Waals surface area contributed by atoms with Crippen molar-refractivity contribution in [1.82, 2.24) is 4.98 Å². The van der Waals surface area contributed by atoms with Gasteiger partial charge in [0, 0.05) is 31.3 Å². The number of amides is 1. The average Bonchev–Trinajstić information content (AvgIpc) is 2.74. The molecule has 0 radical (unpaired) electrons. The van der Waals surface area contributed by atoms with E-state index in [1.807, 2.05) is 18.2 Å². The fourth-order valence-corrected chi connectivity index (χ4v) is 3.83. The molecule has 2 fully saturated rings. The minimum atomic E-state index is 0.0324. The van der Waals surface area contributed by atoms with Crippen molar-refractivity contribution in [3.8, 4) is 6.07 Å². The number of carbonyl (C=O) groups is 1. The summed E-state index contributed by atoms with van der Waals surface area (Å²) in [4.78, 5) is 16.3. The average molecular weight is 421 g/mol. The Morgan fingerprint density at radius 3 is 2.35 bits per heavy atom. The third-order valence-corrected chi connectivity index (χ3v) is 6.06. The fourth-order valence-electron chi connectivity index (χ4n) is 3.83. The van der Waals surface area contributed by atoms with E-state index in [2.05, 4.69) is 40.7 Å². The maximum Gasteiger partial charge on any atom is 0.228 e. The Morgan fingerprint density at radius 2 is 1.84 bits per heavy atom. The van der Waals surface area contributed by atoms with Crippen LogP contribution >= 0.6 is 0 Å². The van der Waals surface area contributed by atoms with E-state index in [0.29, 0.717) is 23.5 Å². The number of anilines is 2. The number of nitrogens with zero attached hydrogens (tertiary/aromatic N) is 2. The number of hydrogen-bond donors (Lipinski definition) is 2. The van der Waals surface area contributed by atoms with Crippen LogP contribution in [0.15, 0.2) is 42.6 Å². The zero-order chi connectivity index (χ0) is 22.1. The lowest BCUT2D eigenvalue weighted by Crippen LogP contribution is -2.30. The highest BCUT2D eigenvalue weighted by atomic mass is 16.5. The molecular weight excluding hydrogens is 388 g/mol. The van der Waals surface area contributed by atoms with E-state index in [9.17, 15) is 10.1 Å². The highest BCUT2D eigenvalue weighted by molar-refractivity contribution is 5.92. The first kappa shape index (κ1) is 22.8. The first-order valence-corrected chi connectivity index (χ1v) is 11.1. The third kappa shape index (κ3) is 6.80. The molecule has 2 N–H and O–H groups in total. The molecule has 1 aromatic heterocycles. The SMILES string of the molecule is COC1CCC(Nc2cc(NC(=O)C3CCC3)ncc2C#N)CC1.Cc1ccccc1. The van der Waals surface area contributed by atoms with Crippen LogP contribution < -0.4 is 10.6 Å². The van der Waals surface area contributed by atoms with Gasteiger partial charge in [0.15, 0.2) is 0 Å². The third-order valence-electron chi connectivity index (χ3n) is 6.06. The van der Waals surface area contributed by atoms with Gasteiger partial charge in [-0.1, -0.05) is 42.3 Å². The number of aryl methyl sites for hydroxylation is 1. The van der Waals surface area contributed by atoms with Crippen molar-refractivity contribution in [3.05, 3.63) is 53.7 Å². The molecule has 2 aromatic rings. The highest BCUT2D eigenvalue weighted by Crippen LogP contribution is 2.29. The number of ether oxygens (including phenoxy) is 1. The standard InChI is InChI=1S/C18H24N4O2.C7H8/c1-24-15-7-5-14(6-8-15)21-16-9-17(20-11-13(16)10-19)22-18(23)12-3-2-4-12;1-7-5-3-2-4-6-7/h9,11-12,14-15H,2-8H2,1H3,(H2,20,21,22,23);2-6H,1H3. The molecule has 1 aromatic carbocycles. The molecule has 0 atom stereocenters. The van der Waals surface area contributed by atoms with Gasteiger partial charge in [0.05, 0.1) is 17.4 Å². The number of nitriles is 1. The lowest BCUT2D eigenvalue weighted by molar-refractivity contribution is -0.122. The Morgan fingerprint density at radius 1 is 1.13 bits per heavy atom. The molecule has 2 aliphatic carbocycles. The van der Waals surface area contributed by atoms with Crippen molar-refractivity contribution in [1.29, 1.82) is 5.26 Å². The van der Waals surface area contributed by atoms with Crippen LogP contribution in [0.25, 0.3) is 0 Å². The summed E-state index contributed by atoms with van der Waals surface area (Å²) in [6.45, 7) is 2.08. The smallest absolute Gasteiger partial charge is 0.228 e. The number of aromatic nitrogens is 1. The van der Waals surface area contributed by atoms with Gasteiger partial charge in [-0.05, 0) is 45.4 Å². The Balaban J connectivity index is 0.000000330. The van der Waals surface area contributed by atoms with Crippen LogP contribution in [0.3, 0.4) is 0 Å². The van der Waals surface area contributed by atoms with E-state index in [4.69, 9.17) is 4.74 Å². The Bertz CT molecular complexity index is 882. The second kappa shape index (κ2) is 11.5. The topological polar surface area (TPSA) is 87.0 Å². The molecular formula is C25H32N4O2. The number of benzene rings is 1. The van der Waals surface area contributed by atoms with Crippen molar-refractivity contribution >= 4 is 17.4 Å². The summed E-state index contributed by atoms with van der Waals surface area (Å²) in [5, 5.41) is 15.6. The zero-order valence-electron chi connectivity index (χ0n) is 18.4. The summed E-state index contributed by atoms with van der Waals surface area (Å²) in [6, 6.07) is 14.5. The molecule has 31 heavy (non-hydrogen) atoms. The van der Waals surface area contributed by atoms with Gasteiger partial charge >= 0.3 is 0 Å². The molecule has 0 aliphatic heterocycles. The lowest BCUT2D eigenvalue weighted by Gasteiger charge is -2.29. The minimum Gasteiger partial charge on any atom is -0.381 e. The van der Waals surface area contributed by atoms with E-state index in [1.54, 1.807) is 13.2 Å². The number of methoxy groups -OCH3 is 1. The molecule has 0 spiro atoms. The quantitative estimate of drug-likeness (QED) is 0.706. The molecule has 2 aliphatic rings. The fraction of sp³-hybridized carbons (Fsp3) is 0.480. The van der Waals surface area contributed by atoms with Gasteiger partial charge in [-0.15, -0.1) is 0 Å². The summed E-state index contributed by atoms with van der Waals surface area (Å²) < 4.78 is 5.40. The number of hydrogen-bond acceptors (Lipinski definition) is 5. The normalized spacial score (nSPS) is 20.4. The molecule has 4 rings (SSSR count). The maximum absolute atomic E-state index is 12.1. The molecule has 0 saturated heterocycles. The van der Waals surface area contributed by atoms with Crippen LogP contribution in [-0.2, 0) is 9.53 Å². The number of carbonyl (C=O) groups excluding carboxylic acids is 1. The number of pyridine rings is 1. The first-order valence-electron chi connectivity index (χ1n) is 11.1. The van der Waals surface area contributed by atoms with Crippen molar-refractivity contribution in [2.45, 2.75) is 64.0 Å². The van der Waals surface area contributed by atoms with Crippen LogP contribution in [0, 0.1) is 24.2 Å². The largest absolute Gasteiger partial charge is 0.381 e. The van der Waals surface area contributed by atoms with Crippen LogP contribution in [-0.4, -0.2) is 30.1 Å². The second-order valence-electron chi connectivity index (χ2n) is 8.35. The predicted molar refractivity (Wildman–Crippen MR) is 123 cm³/mol. The maximum atomic E-state index is 12.1. The number of rotatable bonds is 5. The summed E-state index contributed by atoms with van der Waals surface area (Å²) in [7, 11) is 1.76. The van der Waals surface area contributed by atoms with Gasteiger partial charge in [-0.2, -0.15) is 5.26 Å². The van der Waals surface area contributed by atoms with Gasteiger partial charge in [-0.3, -0.25) is 4.79 Å². The summed E-state index contributed by atoms with van der Waals surface area (Å²) in [6.07, 6.45) is 8.96. The van der Waals surface area contributed by atoms with Crippen molar-refractivity contribution in [2.75, 3.05) is 17.7 Å². The van der Waals surface area contributed by atoms with Gasteiger partial charge in [0.1, 0.15) is 11.9 Å². The Hall–Kier alpha value is -2.91. The van der Waals surface area contributed by atoms with E-state index in [0.717, 1.165) is 50.6 Å². The van der Waals surface area contributed by atoms with Gasteiger partial charge < -0.3 is 15.4 Å². The molecule has 164 valence electrons. The molecule has 6 nitrogen and oxygen atoms in total. The van der Waals surface area contributed by atoms with E-state index >= 15 is 0 Å². The molecule has 0 unspecified atom stereocenters. The molecule has 2 saturated carbocycles. The van der Waals surface area contributed by atoms with Gasteiger partial charge in [-0.25, -0.2) is 4.98 Å². The monoisotopic (exact) mass is 420 g/mol. The van der Waals surface area contributed by atoms with E-state index < -0.39 is 0 Å². The highest BCUT2D eigenvalue weighted by Gasteiger charge is 2.26. The second-order valence-corrected chi connectivity index (χ2v) is 8.35. The lowest BCUT2D eigenvalue weighted by atomic mass is 9.85. The van der Waals surface area contributed by atoms with E-state index in [-0.39, 0.29) is 11.8 Å². The van der Waals surface area contributed by atoms with E-state index in [1.165, 1.54) is 11.8 Å². The summed E-state index contributed by atoms with van der Waals surface area (Å²) in [5.74, 6) is 0.659. The molecule has 1 heterocycles. The van der Waals surface area contributed by atoms with Crippen LogP contribution in [0.5, 0.6) is 0 Å². The Kier molecular flexibility index (Phi) is 8.43. The Labute approximate surface area is 185 Å². The molecule has 0 bridgehead atoms. The van der Waals surface area contributed by atoms with Crippen molar-refractivity contribution in [2.24, 2.45) is 5.92 Å². The van der Waals surface area contributed by atoms with Gasteiger partial charge in [0.2, 0.25) is 5.91 Å². The summed E-state index contributed by atoms with van der Waals surface area (Å²) in [5.41, 5.74) is 2.57.